The van der Waals surface area contributed by atoms with Gasteiger partial charge in [0.2, 0.25) is 5.91 Å². The molecule has 0 spiro atoms. The van der Waals surface area contributed by atoms with Gasteiger partial charge < -0.3 is 20.3 Å². The van der Waals surface area contributed by atoms with Crippen LogP contribution in [0.5, 0.6) is 0 Å². The van der Waals surface area contributed by atoms with Crippen LogP contribution in [0.15, 0.2) is 0 Å². The van der Waals surface area contributed by atoms with Gasteiger partial charge in [0.1, 0.15) is 0 Å². The molecular weight excluding hydrogens is 238 g/mol. The maximum Gasteiger partial charge on any atom is 0.405 e. The van der Waals surface area contributed by atoms with Gasteiger partial charge in [0, 0.05) is 26.1 Å². The summed E-state index contributed by atoms with van der Waals surface area (Å²) in [5, 5.41) is 0. The van der Waals surface area contributed by atoms with Crippen molar-refractivity contribution in [3.8, 4) is 0 Å². The van der Waals surface area contributed by atoms with Gasteiger partial charge in [-0.3, -0.25) is 9.59 Å². The molecule has 2 N–H and O–H groups in total. The minimum atomic E-state index is -0.957. The Morgan fingerprint density at radius 3 is 2.56 bits per heavy atom. The summed E-state index contributed by atoms with van der Waals surface area (Å²) >= 11 is 0. The van der Waals surface area contributed by atoms with Gasteiger partial charge in [-0.1, -0.05) is 0 Å². The van der Waals surface area contributed by atoms with Gasteiger partial charge in [0.15, 0.2) is 6.10 Å². The Hall–Kier alpha value is -1.79. The van der Waals surface area contributed by atoms with Crippen LogP contribution in [0.1, 0.15) is 19.3 Å². The minimum Gasteiger partial charge on any atom is -0.436 e. The molecule has 3 amide bonds. The SMILES string of the molecule is NC(=O)OC1CCN(CC(=O)N2CCCC2)C1=O. The van der Waals surface area contributed by atoms with Crippen molar-refractivity contribution in [2.75, 3.05) is 26.2 Å². The average molecular weight is 255 g/mol. The van der Waals surface area contributed by atoms with Crippen molar-refractivity contribution in [3.05, 3.63) is 0 Å². The predicted molar refractivity (Wildman–Crippen MR) is 61.5 cm³/mol. The number of nitrogens with two attached hydrogens (primary N) is 1. The van der Waals surface area contributed by atoms with E-state index in [1.54, 1.807) is 4.90 Å². The first-order valence-corrected chi connectivity index (χ1v) is 6.10. The van der Waals surface area contributed by atoms with Crippen molar-refractivity contribution in [1.29, 1.82) is 0 Å². The number of hydrogen-bond acceptors (Lipinski definition) is 4. The number of hydrogen-bond donors (Lipinski definition) is 1. The number of likely N-dealkylation sites (tertiary alicyclic amines) is 2. The lowest BCUT2D eigenvalue weighted by molar-refractivity contribution is -0.140. The number of carbonyl (C=O) groups excluding carboxylic acids is 3. The molecule has 0 aromatic carbocycles. The molecule has 0 aromatic heterocycles. The van der Waals surface area contributed by atoms with E-state index < -0.39 is 12.2 Å². The Balaban J connectivity index is 1.85. The van der Waals surface area contributed by atoms with Gasteiger partial charge in [-0.05, 0) is 12.8 Å². The standard InChI is InChI=1S/C11H17N3O4/c12-11(17)18-8-3-6-14(10(8)16)7-9(15)13-4-1-2-5-13/h8H,1-7H2,(H2,12,17). The van der Waals surface area contributed by atoms with Gasteiger partial charge in [0.25, 0.3) is 5.91 Å². The van der Waals surface area contributed by atoms with E-state index in [0.717, 1.165) is 25.9 Å². The number of rotatable bonds is 3. The highest BCUT2D eigenvalue weighted by molar-refractivity contribution is 5.89. The van der Waals surface area contributed by atoms with Crippen molar-refractivity contribution in [3.63, 3.8) is 0 Å². The molecule has 0 bridgehead atoms. The van der Waals surface area contributed by atoms with Crippen molar-refractivity contribution < 1.29 is 19.1 Å². The minimum absolute atomic E-state index is 0.0411. The molecule has 2 saturated heterocycles. The molecule has 0 radical (unpaired) electrons. The van der Waals surface area contributed by atoms with Crippen LogP contribution in [0.2, 0.25) is 0 Å². The predicted octanol–water partition coefficient (Wildman–Crippen LogP) is -0.695. The Bertz CT molecular complexity index is 365. The number of nitrogens with zero attached hydrogens (tertiary/aromatic N) is 2. The fraction of sp³-hybridized carbons (Fsp3) is 0.727. The second kappa shape index (κ2) is 5.24. The molecule has 2 aliphatic rings. The van der Waals surface area contributed by atoms with Crippen molar-refractivity contribution in [2.45, 2.75) is 25.4 Å². The third-order valence-electron chi connectivity index (χ3n) is 3.29. The zero-order valence-corrected chi connectivity index (χ0v) is 10.1. The summed E-state index contributed by atoms with van der Waals surface area (Å²) in [5.74, 6) is -0.373. The van der Waals surface area contributed by atoms with Crippen LogP contribution in [0.4, 0.5) is 4.79 Å². The lowest BCUT2D eigenvalue weighted by Gasteiger charge is -2.20. The summed E-state index contributed by atoms with van der Waals surface area (Å²) in [6.07, 6.45) is 0.657. The van der Waals surface area contributed by atoms with Crippen LogP contribution < -0.4 is 5.73 Å². The molecule has 100 valence electrons. The van der Waals surface area contributed by atoms with Crippen molar-refractivity contribution >= 4 is 17.9 Å². The molecule has 0 aromatic rings. The normalized spacial score (nSPS) is 23.6. The van der Waals surface area contributed by atoms with Gasteiger partial charge in [-0.15, -0.1) is 0 Å². The smallest absolute Gasteiger partial charge is 0.405 e. The molecule has 1 unspecified atom stereocenters. The molecule has 0 aliphatic carbocycles. The Labute approximate surface area is 105 Å². The molecule has 1 atom stereocenters. The summed E-state index contributed by atoms with van der Waals surface area (Å²) in [6.45, 7) is 2.03. The van der Waals surface area contributed by atoms with Crippen LogP contribution >= 0.6 is 0 Å². The van der Waals surface area contributed by atoms with Gasteiger partial charge in [-0.25, -0.2) is 4.79 Å². The van der Waals surface area contributed by atoms with E-state index in [0.29, 0.717) is 13.0 Å². The molecule has 2 fully saturated rings. The molecule has 2 aliphatic heterocycles. The second-order valence-corrected chi connectivity index (χ2v) is 4.56. The van der Waals surface area contributed by atoms with E-state index in [1.807, 2.05) is 0 Å². The highest BCUT2D eigenvalue weighted by Crippen LogP contribution is 2.15. The summed E-state index contributed by atoms with van der Waals surface area (Å²) in [7, 11) is 0. The summed E-state index contributed by atoms with van der Waals surface area (Å²) < 4.78 is 4.68. The second-order valence-electron chi connectivity index (χ2n) is 4.56. The van der Waals surface area contributed by atoms with Crippen LogP contribution in [0.25, 0.3) is 0 Å². The molecule has 7 nitrogen and oxygen atoms in total. The topological polar surface area (TPSA) is 92.9 Å². The molecule has 7 heteroatoms. The lowest BCUT2D eigenvalue weighted by Crippen LogP contribution is -2.41. The monoisotopic (exact) mass is 255 g/mol. The first kappa shape index (κ1) is 12.7. The Morgan fingerprint density at radius 1 is 1.28 bits per heavy atom. The third-order valence-corrected chi connectivity index (χ3v) is 3.29. The Morgan fingerprint density at radius 2 is 1.94 bits per heavy atom. The van der Waals surface area contributed by atoms with E-state index in [1.165, 1.54) is 4.90 Å². The average Bonchev–Trinajstić information content (AvgIpc) is 2.93. The van der Waals surface area contributed by atoms with E-state index in [4.69, 9.17) is 5.73 Å². The summed E-state index contributed by atoms with van der Waals surface area (Å²) in [4.78, 5) is 37.5. The van der Waals surface area contributed by atoms with Crippen molar-refractivity contribution in [1.82, 2.24) is 9.80 Å². The Kier molecular flexibility index (Phi) is 3.69. The number of carbonyl (C=O) groups is 3. The van der Waals surface area contributed by atoms with Gasteiger partial charge in [-0.2, -0.15) is 0 Å². The first-order valence-electron chi connectivity index (χ1n) is 6.10. The highest BCUT2D eigenvalue weighted by atomic mass is 16.6. The molecule has 2 rings (SSSR count). The van der Waals surface area contributed by atoms with Gasteiger partial charge in [0.05, 0.1) is 6.54 Å². The summed E-state index contributed by atoms with van der Waals surface area (Å²) in [6, 6.07) is 0. The quantitative estimate of drug-likeness (QED) is 0.722. The van der Waals surface area contributed by atoms with E-state index in [9.17, 15) is 14.4 Å². The maximum absolute atomic E-state index is 11.9. The van der Waals surface area contributed by atoms with Crippen LogP contribution in [-0.4, -0.2) is 60.0 Å². The number of primary amides is 1. The highest BCUT2D eigenvalue weighted by Gasteiger charge is 2.36. The first-order chi connectivity index (χ1) is 8.58. The largest absolute Gasteiger partial charge is 0.436 e. The summed E-state index contributed by atoms with van der Waals surface area (Å²) in [5.41, 5.74) is 4.87. The maximum atomic E-state index is 11.9. The van der Waals surface area contributed by atoms with Crippen LogP contribution in [-0.2, 0) is 14.3 Å². The lowest BCUT2D eigenvalue weighted by atomic mass is 10.3. The fourth-order valence-corrected chi connectivity index (χ4v) is 2.35. The molecule has 18 heavy (non-hydrogen) atoms. The molecular formula is C11H17N3O4. The number of ether oxygens (including phenoxy) is 1. The van der Waals surface area contributed by atoms with Crippen LogP contribution in [0, 0.1) is 0 Å². The van der Waals surface area contributed by atoms with Gasteiger partial charge >= 0.3 is 6.09 Å². The van der Waals surface area contributed by atoms with E-state index >= 15 is 0 Å². The number of amides is 3. The van der Waals surface area contributed by atoms with Crippen LogP contribution in [0.3, 0.4) is 0 Å². The van der Waals surface area contributed by atoms with E-state index in [2.05, 4.69) is 4.74 Å². The fourth-order valence-electron chi connectivity index (χ4n) is 2.35. The third kappa shape index (κ3) is 2.72. The molecule has 0 saturated carbocycles. The zero-order valence-electron chi connectivity index (χ0n) is 10.1. The van der Waals surface area contributed by atoms with Crippen molar-refractivity contribution in [2.24, 2.45) is 5.73 Å². The molecule has 2 heterocycles. The van der Waals surface area contributed by atoms with E-state index in [-0.39, 0.29) is 18.4 Å². The zero-order chi connectivity index (χ0) is 13.1.